The van der Waals surface area contributed by atoms with Crippen molar-refractivity contribution in [3.8, 4) is 0 Å². The van der Waals surface area contributed by atoms with Crippen molar-refractivity contribution >= 4 is 0 Å². The Balaban J connectivity index is 2.50. The Morgan fingerprint density at radius 3 is 2.16 bits per heavy atom. The molecule has 0 fully saturated rings. The van der Waals surface area contributed by atoms with E-state index in [1.807, 2.05) is 0 Å². The molecule has 19 heavy (non-hydrogen) atoms. The third kappa shape index (κ3) is 6.22. The minimum absolute atomic E-state index is 0.617. The van der Waals surface area contributed by atoms with Crippen LogP contribution in [0.1, 0.15) is 51.7 Å². The van der Waals surface area contributed by atoms with Crippen molar-refractivity contribution in [3.05, 3.63) is 35.4 Å². The van der Waals surface area contributed by atoms with Crippen LogP contribution < -0.4 is 5.32 Å². The fourth-order valence-electron chi connectivity index (χ4n) is 2.21. The van der Waals surface area contributed by atoms with Crippen molar-refractivity contribution < 1.29 is 0 Å². The summed E-state index contributed by atoms with van der Waals surface area (Å²) >= 11 is 0. The molecule has 2 nitrogen and oxygen atoms in total. The molecule has 0 aromatic heterocycles. The Bertz CT molecular complexity index is 330. The molecule has 1 N–H and O–H groups in total. The van der Waals surface area contributed by atoms with Crippen LogP contribution in [0.3, 0.4) is 0 Å². The average Bonchev–Trinajstić information content (AvgIpc) is 2.40. The Morgan fingerprint density at radius 1 is 1.00 bits per heavy atom. The zero-order valence-corrected chi connectivity index (χ0v) is 13.1. The summed E-state index contributed by atoms with van der Waals surface area (Å²) in [5.41, 5.74) is 2.80. The topological polar surface area (TPSA) is 15.3 Å². The van der Waals surface area contributed by atoms with Gasteiger partial charge in [0.05, 0.1) is 0 Å². The number of nitrogens with one attached hydrogen (secondary N) is 1. The molecule has 0 aliphatic carbocycles. The maximum Gasteiger partial charge on any atom is 0.0236 e. The molecule has 0 atom stereocenters. The second kappa shape index (κ2) is 9.11. The Morgan fingerprint density at radius 2 is 1.63 bits per heavy atom. The van der Waals surface area contributed by atoms with Crippen LogP contribution >= 0.6 is 0 Å². The van der Waals surface area contributed by atoms with Gasteiger partial charge in [0.1, 0.15) is 0 Å². The predicted octanol–water partition coefficient (Wildman–Crippen LogP) is 3.81. The van der Waals surface area contributed by atoms with Gasteiger partial charge in [-0.15, -0.1) is 0 Å². The molecule has 1 aromatic carbocycles. The molecule has 0 bridgehead atoms. The van der Waals surface area contributed by atoms with Crippen molar-refractivity contribution in [1.29, 1.82) is 0 Å². The standard InChI is InChI=1S/C17H30N2/c1-5-11-18-13-16-7-9-17(10-8-16)14-19(12-6-2)15(3)4/h7-10,15,18H,5-6,11-14H2,1-4H3. The molecule has 0 amide bonds. The molecule has 0 spiro atoms. The van der Waals surface area contributed by atoms with Gasteiger partial charge in [-0.05, 0) is 50.9 Å². The minimum Gasteiger partial charge on any atom is -0.313 e. The van der Waals surface area contributed by atoms with Gasteiger partial charge in [-0.3, -0.25) is 4.90 Å². The Hall–Kier alpha value is -0.860. The van der Waals surface area contributed by atoms with Crippen molar-refractivity contribution in [3.63, 3.8) is 0 Å². The van der Waals surface area contributed by atoms with E-state index in [0.29, 0.717) is 6.04 Å². The van der Waals surface area contributed by atoms with Crippen LogP contribution in [-0.4, -0.2) is 24.0 Å². The van der Waals surface area contributed by atoms with Gasteiger partial charge in [0.2, 0.25) is 0 Å². The second-order valence-corrected chi connectivity index (χ2v) is 5.56. The Labute approximate surface area is 119 Å². The van der Waals surface area contributed by atoms with Gasteiger partial charge in [0.25, 0.3) is 0 Å². The largest absolute Gasteiger partial charge is 0.313 e. The smallest absolute Gasteiger partial charge is 0.0236 e. The zero-order chi connectivity index (χ0) is 14.1. The second-order valence-electron chi connectivity index (χ2n) is 5.56. The molecule has 0 saturated carbocycles. The summed E-state index contributed by atoms with van der Waals surface area (Å²) < 4.78 is 0. The Kier molecular flexibility index (Phi) is 7.76. The number of rotatable bonds is 9. The molecular weight excluding hydrogens is 232 g/mol. The molecule has 1 rings (SSSR count). The molecule has 0 radical (unpaired) electrons. The van der Waals surface area contributed by atoms with Gasteiger partial charge in [-0.25, -0.2) is 0 Å². The highest BCUT2D eigenvalue weighted by Crippen LogP contribution is 2.10. The van der Waals surface area contributed by atoms with Crippen molar-refractivity contribution in [1.82, 2.24) is 10.2 Å². The van der Waals surface area contributed by atoms with E-state index in [1.54, 1.807) is 0 Å². The lowest BCUT2D eigenvalue weighted by atomic mass is 10.1. The van der Waals surface area contributed by atoms with E-state index in [0.717, 1.165) is 19.6 Å². The quantitative estimate of drug-likeness (QED) is 0.681. The third-order valence-electron chi connectivity index (χ3n) is 3.41. The van der Waals surface area contributed by atoms with Crippen LogP contribution in [-0.2, 0) is 13.1 Å². The number of hydrogen-bond donors (Lipinski definition) is 1. The van der Waals surface area contributed by atoms with Crippen LogP contribution in [0.25, 0.3) is 0 Å². The van der Waals surface area contributed by atoms with Crippen molar-refractivity contribution in [2.75, 3.05) is 13.1 Å². The molecule has 0 saturated heterocycles. The first-order valence-corrected chi connectivity index (χ1v) is 7.70. The van der Waals surface area contributed by atoms with Crippen LogP contribution in [0.5, 0.6) is 0 Å². The van der Waals surface area contributed by atoms with Crippen LogP contribution in [0.2, 0.25) is 0 Å². The highest BCUT2D eigenvalue weighted by molar-refractivity contribution is 5.22. The van der Waals surface area contributed by atoms with Gasteiger partial charge in [-0.2, -0.15) is 0 Å². The van der Waals surface area contributed by atoms with E-state index in [1.165, 1.54) is 30.5 Å². The SMILES string of the molecule is CCCNCc1ccc(CN(CCC)C(C)C)cc1. The maximum absolute atomic E-state index is 3.44. The fourth-order valence-corrected chi connectivity index (χ4v) is 2.21. The fraction of sp³-hybridized carbons (Fsp3) is 0.647. The lowest BCUT2D eigenvalue weighted by Gasteiger charge is -2.26. The number of benzene rings is 1. The summed E-state index contributed by atoms with van der Waals surface area (Å²) in [6, 6.07) is 9.67. The van der Waals surface area contributed by atoms with E-state index < -0.39 is 0 Å². The molecule has 0 heterocycles. The summed E-state index contributed by atoms with van der Waals surface area (Å²) in [7, 11) is 0. The minimum atomic E-state index is 0.617. The molecule has 0 aliphatic rings. The monoisotopic (exact) mass is 262 g/mol. The lowest BCUT2D eigenvalue weighted by Crippen LogP contribution is -2.31. The van der Waals surface area contributed by atoms with E-state index >= 15 is 0 Å². The highest BCUT2D eigenvalue weighted by Gasteiger charge is 2.08. The first-order chi connectivity index (χ1) is 9.17. The summed E-state index contributed by atoms with van der Waals surface area (Å²) in [5, 5.41) is 3.44. The molecule has 2 heteroatoms. The first kappa shape index (κ1) is 16.2. The van der Waals surface area contributed by atoms with Crippen molar-refractivity contribution in [2.45, 2.75) is 59.7 Å². The van der Waals surface area contributed by atoms with E-state index in [-0.39, 0.29) is 0 Å². The summed E-state index contributed by atoms with van der Waals surface area (Å²) in [6.07, 6.45) is 2.41. The summed E-state index contributed by atoms with van der Waals surface area (Å²) in [6.45, 7) is 13.3. The van der Waals surface area contributed by atoms with Crippen LogP contribution in [0.4, 0.5) is 0 Å². The van der Waals surface area contributed by atoms with E-state index in [9.17, 15) is 0 Å². The molecule has 108 valence electrons. The normalized spacial score (nSPS) is 11.5. The highest BCUT2D eigenvalue weighted by atomic mass is 15.1. The zero-order valence-electron chi connectivity index (χ0n) is 13.1. The van der Waals surface area contributed by atoms with Gasteiger partial charge < -0.3 is 5.32 Å². The van der Waals surface area contributed by atoms with Crippen molar-refractivity contribution in [2.24, 2.45) is 0 Å². The number of nitrogens with zero attached hydrogens (tertiary/aromatic N) is 1. The van der Waals surface area contributed by atoms with Gasteiger partial charge in [0.15, 0.2) is 0 Å². The molecule has 0 unspecified atom stereocenters. The first-order valence-electron chi connectivity index (χ1n) is 7.70. The van der Waals surface area contributed by atoms with Crippen LogP contribution in [0, 0.1) is 0 Å². The molecular formula is C17H30N2. The van der Waals surface area contributed by atoms with E-state index in [2.05, 4.69) is 62.2 Å². The molecule has 0 aliphatic heterocycles. The summed E-state index contributed by atoms with van der Waals surface area (Å²) in [4.78, 5) is 2.53. The lowest BCUT2D eigenvalue weighted by molar-refractivity contribution is 0.213. The van der Waals surface area contributed by atoms with Gasteiger partial charge >= 0.3 is 0 Å². The number of hydrogen-bond acceptors (Lipinski definition) is 2. The van der Waals surface area contributed by atoms with Crippen LogP contribution in [0.15, 0.2) is 24.3 Å². The van der Waals surface area contributed by atoms with E-state index in [4.69, 9.17) is 0 Å². The predicted molar refractivity (Wildman–Crippen MR) is 84.3 cm³/mol. The maximum atomic E-state index is 3.44. The summed E-state index contributed by atoms with van der Waals surface area (Å²) in [5.74, 6) is 0. The average molecular weight is 262 g/mol. The van der Waals surface area contributed by atoms with Gasteiger partial charge in [-0.1, -0.05) is 38.1 Å². The van der Waals surface area contributed by atoms with Gasteiger partial charge in [0, 0.05) is 19.1 Å². The molecule has 1 aromatic rings. The third-order valence-corrected chi connectivity index (χ3v) is 3.41.